The molecule has 2 nitrogen and oxygen atoms in total. The van der Waals surface area contributed by atoms with Crippen LogP contribution in [0, 0.1) is 11.6 Å². The number of fused-ring (bicyclic) bond motifs is 1. The zero-order valence-corrected chi connectivity index (χ0v) is 8.54. The first-order valence-corrected chi connectivity index (χ1v) is 4.54. The number of nitrogens with zero attached hydrogens (tertiary/aromatic N) is 1. The van der Waals surface area contributed by atoms with Crippen molar-refractivity contribution in [1.82, 2.24) is 4.40 Å². The molecule has 2 heterocycles. The Labute approximate surface area is 77.4 Å². The molecule has 0 spiro atoms. The zero-order chi connectivity index (χ0) is 8.72. The highest BCUT2D eigenvalue weighted by atomic mass is 32.1. The van der Waals surface area contributed by atoms with Gasteiger partial charge < -0.3 is 4.42 Å². The molecule has 0 aliphatic heterocycles. The Morgan fingerprint density at radius 1 is 1.58 bits per heavy atom. The lowest BCUT2D eigenvalue weighted by Crippen LogP contribution is -1.91. The van der Waals surface area contributed by atoms with Crippen molar-refractivity contribution in [3.05, 3.63) is 28.7 Å². The second-order valence-corrected chi connectivity index (χ2v) is 3.68. The lowest BCUT2D eigenvalue weighted by atomic mass is 10.5. The highest BCUT2D eigenvalue weighted by Crippen LogP contribution is 2.09. The first kappa shape index (κ1) is 7.96. The highest BCUT2D eigenvalue weighted by Gasteiger charge is 2.01. The molecule has 0 radical (unpaired) electrons. The summed E-state index contributed by atoms with van der Waals surface area (Å²) in [5.41, 5.74) is 0.810. The Morgan fingerprint density at radius 3 is 3.08 bits per heavy atom. The fourth-order valence-corrected chi connectivity index (χ4v) is 1.73. The first-order chi connectivity index (χ1) is 5.68. The van der Waals surface area contributed by atoms with Crippen molar-refractivity contribution in [3.8, 4) is 0 Å². The van der Waals surface area contributed by atoms with Crippen molar-refractivity contribution in [1.29, 1.82) is 0 Å². The fraction of sp³-hybridized carbons (Fsp3) is 0.125. The van der Waals surface area contributed by atoms with Gasteiger partial charge in [-0.05, 0) is 13.0 Å². The van der Waals surface area contributed by atoms with E-state index >= 15 is 0 Å². The maximum atomic E-state index is 5.49. The predicted molar refractivity (Wildman–Crippen MR) is 54.6 cm³/mol. The number of hydrogen-bond donors (Lipinski definition) is 0. The average Bonchev–Trinajstić information content (AvgIpc) is 2.33. The average molecular weight is 197 g/mol. The van der Waals surface area contributed by atoms with Crippen LogP contribution in [0.15, 0.2) is 22.7 Å². The number of hydrogen-bond acceptors (Lipinski definition) is 2. The Morgan fingerprint density at radius 2 is 2.33 bits per heavy atom. The van der Waals surface area contributed by atoms with Crippen molar-refractivity contribution < 1.29 is 4.42 Å². The van der Waals surface area contributed by atoms with Crippen molar-refractivity contribution in [2.75, 3.05) is 0 Å². The Hall–Kier alpha value is -0.660. The quantitative estimate of drug-likeness (QED) is 0.475. The van der Waals surface area contributed by atoms with Gasteiger partial charge in [-0.25, -0.2) is 0 Å². The van der Waals surface area contributed by atoms with Gasteiger partial charge in [-0.3, -0.25) is 4.40 Å². The molecule has 2 rings (SSSR count). The molecular formula is C8H8NOPS. The van der Waals surface area contributed by atoms with Gasteiger partial charge in [0.1, 0.15) is 10.4 Å². The Bertz CT molecular complexity index is 485. The summed E-state index contributed by atoms with van der Waals surface area (Å²) in [6.45, 7) is 1.90. The molecule has 2 aromatic heterocycles. The Kier molecular flexibility index (Phi) is 1.78. The third kappa shape index (κ3) is 1.10. The summed E-state index contributed by atoms with van der Waals surface area (Å²) in [6, 6.07) is 3.80. The normalized spacial score (nSPS) is 10.8. The molecule has 62 valence electrons. The molecular weight excluding hydrogens is 189 g/mol. The minimum atomic E-state index is 0.780. The van der Waals surface area contributed by atoms with Crippen LogP contribution in [-0.4, -0.2) is 4.40 Å². The van der Waals surface area contributed by atoms with Gasteiger partial charge in [0, 0.05) is 17.6 Å². The van der Waals surface area contributed by atoms with E-state index in [1.807, 2.05) is 29.7 Å². The van der Waals surface area contributed by atoms with E-state index in [0.717, 1.165) is 21.4 Å². The third-order valence-corrected chi connectivity index (χ3v) is 2.44. The highest BCUT2D eigenvalue weighted by molar-refractivity contribution is 7.71. The van der Waals surface area contributed by atoms with Crippen LogP contribution in [0.25, 0.3) is 5.71 Å². The standard InChI is InChI=1S/C8H8NOPS/c1-5-4-7(12)9-3-2-6(11)8(9)10-5/h2-4H,11H2,1H3. The van der Waals surface area contributed by atoms with E-state index in [2.05, 4.69) is 9.24 Å². The molecule has 0 bridgehead atoms. The SMILES string of the molecule is Cc1cc(=S)n2ccc(P)c2o1. The van der Waals surface area contributed by atoms with Crippen LogP contribution in [0.5, 0.6) is 0 Å². The summed E-state index contributed by atoms with van der Waals surface area (Å²) in [7, 11) is 2.61. The summed E-state index contributed by atoms with van der Waals surface area (Å²) in [4.78, 5) is 0. The van der Waals surface area contributed by atoms with Crippen LogP contribution in [0.1, 0.15) is 5.76 Å². The van der Waals surface area contributed by atoms with Gasteiger partial charge >= 0.3 is 0 Å². The van der Waals surface area contributed by atoms with Crippen LogP contribution < -0.4 is 5.30 Å². The van der Waals surface area contributed by atoms with Gasteiger partial charge in [0.15, 0.2) is 0 Å². The van der Waals surface area contributed by atoms with Crippen LogP contribution in [0.2, 0.25) is 0 Å². The number of rotatable bonds is 0. The fourth-order valence-electron chi connectivity index (χ4n) is 1.14. The topological polar surface area (TPSA) is 17.6 Å². The molecule has 0 saturated carbocycles. The van der Waals surface area contributed by atoms with Gasteiger partial charge in [0.2, 0.25) is 5.71 Å². The van der Waals surface area contributed by atoms with Crippen molar-refractivity contribution in [2.45, 2.75) is 6.92 Å². The maximum Gasteiger partial charge on any atom is 0.211 e. The van der Waals surface area contributed by atoms with Crippen molar-refractivity contribution >= 4 is 32.5 Å². The maximum absolute atomic E-state index is 5.49. The monoisotopic (exact) mass is 197 g/mol. The molecule has 1 atom stereocenters. The molecule has 2 aromatic rings. The molecule has 0 amide bonds. The molecule has 12 heavy (non-hydrogen) atoms. The lowest BCUT2D eigenvalue weighted by Gasteiger charge is -1.97. The van der Waals surface area contributed by atoms with E-state index < -0.39 is 0 Å². The van der Waals surface area contributed by atoms with Crippen LogP contribution in [0.4, 0.5) is 0 Å². The molecule has 0 aliphatic rings. The summed E-state index contributed by atoms with van der Waals surface area (Å²) < 4.78 is 8.12. The second kappa shape index (κ2) is 2.68. The van der Waals surface area contributed by atoms with Gasteiger partial charge in [-0.15, -0.1) is 0 Å². The van der Waals surface area contributed by atoms with E-state index in [1.165, 1.54) is 0 Å². The third-order valence-electron chi connectivity index (χ3n) is 1.69. The lowest BCUT2D eigenvalue weighted by molar-refractivity contribution is 0.543. The van der Waals surface area contributed by atoms with E-state index in [1.54, 1.807) is 0 Å². The summed E-state index contributed by atoms with van der Waals surface area (Å²) in [5.74, 6) is 0.843. The van der Waals surface area contributed by atoms with Gasteiger partial charge in [-0.1, -0.05) is 21.5 Å². The first-order valence-electron chi connectivity index (χ1n) is 3.56. The van der Waals surface area contributed by atoms with E-state index in [9.17, 15) is 0 Å². The zero-order valence-electron chi connectivity index (χ0n) is 6.57. The van der Waals surface area contributed by atoms with Gasteiger partial charge in [-0.2, -0.15) is 0 Å². The van der Waals surface area contributed by atoms with E-state index in [0.29, 0.717) is 0 Å². The Balaban J connectivity index is 3.03. The summed E-state index contributed by atoms with van der Waals surface area (Å²) in [5, 5.41) is 1.03. The molecule has 0 fully saturated rings. The van der Waals surface area contributed by atoms with Crippen LogP contribution in [-0.2, 0) is 0 Å². The predicted octanol–water partition coefficient (Wildman–Crippen LogP) is 2.07. The van der Waals surface area contributed by atoms with E-state index in [4.69, 9.17) is 16.6 Å². The molecule has 0 aromatic carbocycles. The van der Waals surface area contributed by atoms with Gasteiger partial charge in [0.05, 0.1) is 0 Å². The summed E-state index contributed by atoms with van der Waals surface area (Å²) >= 11 is 5.15. The molecule has 4 heteroatoms. The molecule has 0 saturated heterocycles. The van der Waals surface area contributed by atoms with Crippen LogP contribution in [0.3, 0.4) is 0 Å². The number of aryl methyl sites for hydroxylation is 1. The van der Waals surface area contributed by atoms with Crippen molar-refractivity contribution in [3.63, 3.8) is 0 Å². The summed E-state index contributed by atoms with van der Waals surface area (Å²) in [6.07, 6.45) is 1.91. The minimum absolute atomic E-state index is 0.780. The van der Waals surface area contributed by atoms with Gasteiger partial charge in [0.25, 0.3) is 0 Å². The second-order valence-electron chi connectivity index (χ2n) is 2.64. The molecule has 0 N–H and O–H groups in total. The molecule has 0 aliphatic carbocycles. The minimum Gasteiger partial charge on any atom is -0.444 e. The largest absolute Gasteiger partial charge is 0.444 e. The van der Waals surface area contributed by atoms with Crippen LogP contribution >= 0.6 is 21.5 Å². The van der Waals surface area contributed by atoms with E-state index in [-0.39, 0.29) is 0 Å². The smallest absolute Gasteiger partial charge is 0.211 e. The molecule has 1 unspecified atom stereocenters. The number of aromatic nitrogens is 1. The van der Waals surface area contributed by atoms with Crippen molar-refractivity contribution in [2.24, 2.45) is 0 Å².